The zero-order chi connectivity index (χ0) is 17.3. The zero-order valence-electron chi connectivity index (χ0n) is 13.0. The number of anilines is 1. The van der Waals surface area contributed by atoms with Crippen molar-refractivity contribution in [2.75, 3.05) is 32.0 Å². The van der Waals surface area contributed by atoms with Crippen molar-refractivity contribution in [2.45, 2.75) is 12.2 Å². The highest BCUT2D eigenvalue weighted by molar-refractivity contribution is 5.93. The number of likely N-dealkylation sites (tertiary alicyclic amines) is 1. The Morgan fingerprint density at radius 1 is 1.33 bits per heavy atom. The van der Waals surface area contributed by atoms with Crippen LogP contribution in [0, 0.1) is 0 Å². The monoisotopic (exact) mass is 338 g/mol. The second kappa shape index (κ2) is 6.27. The molecule has 8 heteroatoms. The molecule has 2 aromatic rings. The van der Waals surface area contributed by atoms with Crippen LogP contribution >= 0.6 is 0 Å². The summed E-state index contributed by atoms with van der Waals surface area (Å²) in [5, 5.41) is 6.10. The number of amides is 1. The van der Waals surface area contributed by atoms with Gasteiger partial charge in [0.2, 0.25) is 5.91 Å². The number of halogens is 3. The van der Waals surface area contributed by atoms with Crippen LogP contribution in [0.3, 0.4) is 0 Å². The molecular weight excluding hydrogens is 321 g/mol. The third kappa shape index (κ3) is 3.59. The van der Waals surface area contributed by atoms with Gasteiger partial charge >= 0.3 is 6.18 Å². The van der Waals surface area contributed by atoms with Gasteiger partial charge in [0, 0.05) is 30.4 Å². The molecule has 2 heterocycles. The van der Waals surface area contributed by atoms with E-state index in [-0.39, 0.29) is 18.5 Å². The number of benzene rings is 1. The Labute approximate surface area is 136 Å². The molecule has 1 aromatic heterocycles. The number of carbonyl (C=O) groups is 1. The molecule has 24 heavy (non-hydrogen) atoms. The fourth-order valence-electron chi connectivity index (χ4n) is 2.72. The van der Waals surface area contributed by atoms with Crippen LogP contribution in [-0.4, -0.2) is 48.5 Å². The number of hydrogen-bond donors (Lipinski definition) is 2. The van der Waals surface area contributed by atoms with E-state index in [1.54, 1.807) is 6.07 Å². The molecule has 3 rings (SSSR count). The maximum absolute atomic E-state index is 12.9. The smallest absolute Gasteiger partial charge is 0.376 e. The van der Waals surface area contributed by atoms with Crippen molar-refractivity contribution in [1.29, 1.82) is 0 Å². The van der Waals surface area contributed by atoms with E-state index in [1.165, 1.54) is 12.3 Å². The predicted molar refractivity (Wildman–Crippen MR) is 84.7 cm³/mol. The molecule has 0 saturated carbocycles. The van der Waals surface area contributed by atoms with Crippen LogP contribution in [0.2, 0.25) is 0 Å². The lowest BCUT2D eigenvalue weighted by Gasteiger charge is -2.36. The first-order valence-electron chi connectivity index (χ1n) is 7.50. The number of carbonyl (C=O) groups excluding carboxylic acids is 1. The van der Waals surface area contributed by atoms with Gasteiger partial charge in [-0.3, -0.25) is 9.78 Å². The average Bonchev–Trinajstić information content (AvgIpc) is 2.50. The third-order valence-electron chi connectivity index (χ3n) is 3.94. The Balaban J connectivity index is 1.72. The van der Waals surface area contributed by atoms with E-state index in [0.29, 0.717) is 16.6 Å². The van der Waals surface area contributed by atoms with Crippen molar-refractivity contribution in [3.63, 3.8) is 0 Å². The summed E-state index contributed by atoms with van der Waals surface area (Å²) in [5.74, 6) is -0.190. The molecule has 1 fully saturated rings. The summed E-state index contributed by atoms with van der Waals surface area (Å²) in [6.07, 6.45) is -2.92. The number of nitrogens with zero attached hydrogens (tertiary/aromatic N) is 2. The quantitative estimate of drug-likeness (QED) is 0.896. The SMILES string of the molecule is CN1CC(NC(=O)CNc2ccnc3ccc(C(F)(F)F)cc23)C1. The standard InChI is InChI=1S/C16H17F3N4O/c1-23-8-11(9-23)22-15(24)7-21-14-4-5-20-13-3-2-10(6-12(13)14)16(17,18)19/h2-6,11H,7-9H2,1H3,(H,20,21)(H,22,24). The Kier molecular flexibility index (Phi) is 4.31. The van der Waals surface area contributed by atoms with E-state index in [9.17, 15) is 18.0 Å². The fourth-order valence-corrected chi connectivity index (χ4v) is 2.72. The molecule has 2 N–H and O–H groups in total. The minimum absolute atomic E-state index is 0.00439. The number of nitrogens with one attached hydrogen (secondary N) is 2. The number of likely N-dealkylation sites (N-methyl/N-ethyl adjacent to an activating group) is 1. The van der Waals surface area contributed by atoms with Crippen LogP contribution < -0.4 is 10.6 Å². The summed E-state index contributed by atoms with van der Waals surface area (Å²) in [5.41, 5.74) is 0.147. The van der Waals surface area contributed by atoms with Gasteiger partial charge in [-0.2, -0.15) is 13.2 Å². The van der Waals surface area contributed by atoms with Crippen molar-refractivity contribution in [1.82, 2.24) is 15.2 Å². The molecule has 0 unspecified atom stereocenters. The van der Waals surface area contributed by atoms with Crippen LogP contribution in [0.4, 0.5) is 18.9 Å². The number of alkyl halides is 3. The molecule has 0 spiro atoms. The molecule has 0 bridgehead atoms. The highest BCUT2D eigenvalue weighted by Crippen LogP contribution is 2.32. The van der Waals surface area contributed by atoms with E-state index in [0.717, 1.165) is 25.2 Å². The summed E-state index contributed by atoms with van der Waals surface area (Å²) in [6.45, 7) is 1.60. The lowest BCUT2D eigenvalue weighted by molar-refractivity contribution is -0.137. The third-order valence-corrected chi connectivity index (χ3v) is 3.94. The number of rotatable bonds is 4. The van der Waals surface area contributed by atoms with Crippen LogP contribution in [0.1, 0.15) is 5.56 Å². The number of hydrogen-bond acceptors (Lipinski definition) is 4. The number of aromatic nitrogens is 1. The van der Waals surface area contributed by atoms with Crippen molar-refractivity contribution < 1.29 is 18.0 Å². The van der Waals surface area contributed by atoms with Gasteiger partial charge in [0.25, 0.3) is 0 Å². The molecule has 5 nitrogen and oxygen atoms in total. The summed E-state index contributed by atoms with van der Waals surface area (Å²) < 4.78 is 38.6. The van der Waals surface area contributed by atoms with Crippen molar-refractivity contribution >= 4 is 22.5 Å². The maximum Gasteiger partial charge on any atom is 0.416 e. The van der Waals surface area contributed by atoms with Crippen LogP contribution in [-0.2, 0) is 11.0 Å². The lowest BCUT2D eigenvalue weighted by Crippen LogP contribution is -2.58. The largest absolute Gasteiger partial charge is 0.416 e. The summed E-state index contributed by atoms with van der Waals surface area (Å²) in [6, 6.07) is 5.07. The van der Waals surface area contributed by atoms with Gasteiger partial charge in [0.15, 0.2) is 0 Å². The second-order valence-corrected chi connectivity index (χ2v) is 5.93. The van der Waals surface area contributed by atoms with Crippen molar-refractivity contribution in [2.24, 2.45) is 0 Å². The van der Waals surface area contributed by atoms with Gasteiger partial charge in [0.05, 0.1) is 23.7 Å². The molecule has 1 aliphatic heterocycles. The molecule has 1 saturated heterocycles. The minimum atomic E-state index is -4.42. The molecular formula is C16H17F3N4O. The van der Waals surface area contributed by atoms with Gasteiger partial charge in [-0.1, -0.05) is 0 Å². The minimum Gasteiger partial charge on any atom is -0.376 e. The molecule has 0 aliphatic carbocycles. The summed E-state index contributed by atoms with van der Waals surface area (Å²) in [7, 11) is 1.96. The van der Waals surface area contributed by atoms with E-state index in [1.807, 2.05) is 7.05 Å². The first kappa shape index (κ1) is 16.5. The van der Waals surface area contributed by atoms with Crippen LogP contribution in [0.15, 0.2) is 30.5 Å². The number of fused-ring (bicyclic) bond motifs is 1. The Morgan fingerprint density at radius 2 is 2.08 bits per heavy atom. The molecule has 1 aromatic carbocycles. The van der Waals surface area contributed by atoms with E-state index in [4.69, 9.17) is 0 Å². The molecule has 0 atom stereocenters. The highest BCUT2D eigenvalue weighted by Gasteiger charge is 2.30. The van der Waals surface area contributed by atoms with Gasteiger partial charge in [-0.05, 0) is 31.3 Å². The van der Waals surface area contributed by atoms with Gasteiger partial charge in [-0.15, -0.1) is 0 Å². The van der Waals surface area contributed by atoms with Gasteiger partial charge < -0.3 is 15.5 Å². The van der Waals surface area contributed by atoms with E-state index in [2.05, 4.69) is 20.5 Å². The van der Waals surface area contributed by atoms with E-state index < -0.39 is 11.7 Å². The molecule has 0 radical (unpaired) electrons. The fraction of sp³-hybridized carbons (Fsp3) is 0.375. The maximum atomic E-state index is 12.9. The van der Waals surface area contributed by atoms with Gasteiger partial charge in [0.1, 0.15) is 0 Å². The first-order valence-corrected chi connectivity index (χ1v) is 7.50. The molecule has 1 aliphatic rings. The average molecular weight is 338 g/mol. The van der Waals surface area contributed by atoms with Gasteiger partial charge in [-0.25, -0.2) is 0 Å². The Bertz CT molecular complexity index is 757. The highest BCUT2D eigenvalue weighted by atomic mass is 19.4. The Hall–Kier alpha value is -2.35. The van der Waals surface area contributed by atoms with Crippen LogP contribution in [0.25, 0.3) is 10.9 Å². The normalized spacial score (nSPS) is 16.0. The molecule has 128 valence electrons. The van der Waals surface area contributed by atoms with E-state index >= 15 is 0 Å². The summed E-state index contributed by atoms with van der Waals surface area (Å²) >= 11 is 0. The predicted octanol–water partition coefficient (Wildman–Crippen LogP) is 2.10. The van der Waals surface area contributed by atoms with Crippen LogP contribution in [0.5, 0.6) is 0 Å². The topological polar surface area (TPSA) is 57.3 Å². The number of pyridine rings is 1. The lowest BCUT2D eigenvalue weighted by atomic mass is 10.1. The molecule has 1 amide bonds. The van der Waals surface area contributed by atoms with Crippen molar-refractivity contribution in [3.8, 4) is 0 Å². The second-order valence-electron chi connectivity index (χ2n) is 5.93. The van der Waals surface area contributed by atoms with Crippen molar-refractivity contribution in [3.05, 3.63) is 36.0 Å². The summed E-state index contributed by atoms with van der Waals surface area (Å²) in [4.78, 5) is 18.0. The Morgan fingerprint density at radius 3 is 2.75 bits per heavy atom. The first-order chi connectivity index (χ1) is 11.3. The zero-order valence-corrected chi connectivity index (χ0v) is 13.0.